The Morgan fingerprint density at radius 2 is 1.75 bits per heavy atom. The van der Waals surface area contributed by atoms with Gasteiger partial charge in [0.2, 0.25) is 5.91 Å². The monoisotopic (exact) mass is 406 g/mol. The molecule has 2 N–H and O–H groups in total. The molecule has 0 saturated carbocycles. The molecule has 2 saturated heterocycles. The molecule has 2 fully saturated rings. The van der Waals surface area contributed by atoms with E-state index in [0.29, 0.717) is 19.6 Å². The van der Waals surface area contributed by atoms with Gasteiger partial charge in [-0.2, -0.15) is 0 Å². The highest BCUT2D eigenvalue weighted by molar-refractivity contribution is 6.33. The van der Waals surface area contributed by atoms with Crippen molar-refractivity contribution in [1.29, 1.82) is 0 Å². The van der Waals surface area contributed by atoms with Gasteiger partial charge in [-0.15, -0.1) is 0 Å². The first-order valence-electron chi connectivity index (χ1n) is 10.1. The minimum atomic E-state index is -0.238. The first-order valence-corrected chi connectivity index (χ1v) is 10.5. The number of likely N-dealkylation sites (tertiary alicyclic amines) is 1. The molecule has 7 heteroatoms. The second kappa shape index (κ2) is 8.60. The molecule has 6 nitrogen and oxygen atoms in total. The van der Waals surface area contributed by atoms with Gasteiger partial charge in [0.1, 0.15) is 0 Å². The number of nitrogens with zero attached hydrogens (tertiary/aromatic N) is 2. The zero-order chi connectivity index (χ0) is 20.3. The molecule has 0 spiro atoms. The van der Waals surface area contributed by atoms with Crippen molar-refractivity contribution in [2.75, 3.05) is 31.1 Å². The molecule has 0 radical (unpaired) electrons. The fourth-order valence-electron chi connectivity index (χ4n) is 3.85. The number of rotatable bonds is 3. The second-order valence-electron chi connectivity index (χ2n) is 8.83. The van der Waals surface area contributed by atoms with Crippen molar-refractivity contribution in [1.82, 2.24) is 15.5 Å². The summed E-state index contributed by atoms with van der Waals surface area (Å²) in [4.78, 5) is 29.0. The van der Waals surface area contributed by atoms with Crippen LogP contribution in [-0.4, -0.2) is 54.6 Å². The van der Waals surface area contributed by atoms with Crippen LogP contribution in [0.15, 0.2) is 24.3 Å². The van der Waals surface area contributed by atoms with E-state index < -0.39 is 0 Å². The van der Waals surface area contributed by atoms with E-state index in [9.17, 15) is 9.59 Å². The third-order valence-electron chi connectivity index (χ3n) is 5.36. The van der Waals surface area contributed by atoms with Crippen molar-refractivity contribution in [2.24, 2.45) is 5.92 Å². The summed E-state index contributed by atoms with van der Waals surface area (Å²) < 4.78 is 0. The number of amides is 3. The van der Waals surface area contributed by atoms with Gasteiger partial charge in [0.15, 0.2) is 0 Å². The van der Waals surface area contributed by atoms with Crippen molar-refractivity contribution in [3.8, 4) is 0 Å². The molecular weight excluding hydrogens is 376 g/mol. The summed E-state index contributed by atoms with van der Waals surface area (Å²) in [6.45, 7) is 8.81. The van der Waals surface area contributed by atoms with Crippen molar-refractivity contribution >= 4 is 29.2 Å². The number of halogens is 1. The number of hydrogen-bond donors (Lipinski definition) is 2. The number of carbonyl (C=O) groups is 2. The van der Waals surface area contributed by atoms with Crippen LogP contribution >= 0.6 is 11.6 Å². The number of para-hydroxylation sites is 1. The van der Waals surface area contributed by atoms with Crippen molar-refractivity contribution in [3.05, 3.63) is 29.3 Å². The lowest BCUT2D eigenvalue weighted by atomic mass is 10.0. The fourth-order valence-corrected chi connectivity index (χ4v) is 4.10. The van der Waals surface area contributed by atoms with Crippen molar-refractivity contribution < 1.29 is 9.59 Å². The number of carbonyl (C=O) groups excluding carboxylic acids is 2. The number of nitrogens with one attached hydrogen (secondary N) is 2. The molecule has 0 bridgehead atoms. The van der Waals surface area contributed by atoms with Gasteiger partial charge in [-0.05, 0) is 52.2 Å². The number of benzene rings is 1. The van der Waals surface area contributed by atoms with Gasteiger partial charge in [0.25, 0.3) is 0 Å². The third-order valence-corrected chi connectivity index (χ3v) is 5.68. The first-order chi connectivity index (χ1) is 13.2. The number of piperidine rings is 1. The highest BCUT2D eigenvalue weighted by Gasteiger charge is 2.32. The van der Waals surface area contributed by atoms with Gasteiger partial charge < -0.3 is 20.4 Å². The maximum Gasteiger partial charge on any atom is 0.317 e. The second-order valence-corrected chi connectivity index (χ2v) is 9.24. The van der Waals surface area contributed by atoms with Crippen molar-refractivity contribution in [3.63, 3.8) is 0 Å². The zero-order valence-corrected chi connectivity index (χ0v) is 17.8. The average Bonchev–Trinajstić information content (AvgIpc) is 3.11. The Kier molecular flexibility index (Phi) is 6.38. The molecule has 2 aliphatic heterocycles. The third kappa shape index (κ3) is 5.31. The lowest BCUT2D eigenvalue weighted by Gasteiger charge is -2.34. The van der Waals surface area contributed by atoms with E-state index in [-0.39, 0.29) is 29.4 Å². The van der Waals surface area contributed by atoms with Crippen LogP contribution in [-0.2, 0) is 4.79 Å². The lowest BCUT2D eigenvalue weighted by Crippen LogP contribution is -2.53. The molecule has 0 aromatic heterocycles. The van der Waals surface area contributed by atoms with E-state index in [1.54, 1.807) is 0 Å². The Bertz CT molecular complexity index is 711. The van der Waals surface area contributed by atoms with Gasteiger partial charge in [-0.25, -0.2) is 4.79 Å². The smallest absolute Gasteiger partial charge is 0.317 e. The van der Waals surface area contributed by atoms with Gasteiger partial charge in [-0.3, -0.25) is 4.79 Å². The summed E-state index contributed by atoms with van der Waals surface area (Å²) in [5, 5.41) is 6.92. The van der Waals surface area contributed by atoms with E-state index in [2.05, 4.69) is 15.5 Å². The van der Waals surface area contributed by atoms with Crippen LogP contribution in [0.5, 0.6) is 0 Å². The molecular formula is C21H31ClN4O2. The Balaban J connectivity index is 1.45. The predicted octanol–water partition coefficient (Wildman–Crippen LogP) is 3.26. The Morgan fingerprint density at radius 1 is 1.07 bits per heavy atom. The molecule has 2 aliphatic rings. The van der Waals surface area contributed by atoms with E-state index >= 15 is 0 Å². The summed E-state index contributed by atoms with van der Waals surface area (Å²) in [5.41, 5.74) is 0.760. The van der Waals surface area contributed by atoms with Gasteiger partial charge in [-0.1, -0.05) is 23.7 Å². The molecule has 1 aromatic carbocycles. The molecule has 3 rings (SSSR count). The van der Waals surface area contributed by atoms with Crippen LogP contribution in [0.1, 0.15) is 40.0 Å². The summed E-state index contributed by atoms with van der Waals surface area (Å²) in [6, 6.07) is 7.89. The van der Waals surface area contributed by atoms with E-state index in [1.807, 2.05) is 49.9 Å². The zero-order valence-electron chi connectivity index (χ0n) is 17.0. The minimum Gasteiger partial charge on any atom is -0.370 e. The quantitative estimate of drug-likeness (QED) is 0.809. The van der Waals surface area contributed by atoms with Crippen LogP contribution in [0.4, 0.5) is 10.5 Å². The molecule has 0 aliphatic carbocycles. The Labute approximate surface area is 172 Å². The molecule has 1 aromatic rings. The molecule has 2 heterocycles. The Hall–Kier alpha value is -1.95. The minimum absolute atomic E-state index is 0.0153. The molecule has 1 atom stereocenters. The normalized spacial score (nSPS) is 20.9. The van der Waals surface area contributed by atoms with Crippen LogP contribution in [0.3, 0.4) is 0 Å². The van der Waals surface area contributed by atoms with E-state index in [1.165, 1.54) is 0 Å². The Morgan fingerprint density at radius 3 is 2.39 bits per heavy atom. The average molecular weight is 407 g/mol. The predicted molar refractivity (Wildman–Crippen MR) is 113 cm³/mol. The van der Waals surface area contributed by atoms with Crippen LogP contribution in [0.2, 0.25) is 5.02 Å². The maximum atomic E-state index is 12.7. The SMILES string of the molecule is CC(C)(C)NC(=O)N1CCC(NC(=O)C2CCN(c3ccccc3Cl)C2)CC1. The summed E-state index contributed by atoms with van der Waals surface area (Å²) in [5.74, 6) is 0.102. The summed E-state index contributed by atoms with van der Waals surface area (Å²) in [7, 11) is 0. The molecule has 1 unspecified atom stereocenters. The number of hydrogen-bond acceptors (Lipinski definition) is 3. The molecule has 28 heavy (non-hydrogen) atoms. The number of anilines is 1. The van der Waals surface area contributed by atoms with E-state index in [4.69, 9.17) is 11.6 Å². The highest BCUT2D eigenvalue weighted by Crippen LogP contribution is 2.30. The van der Waals surface area contributed by atoms with Gasteiger partial charge in [0, 0.05) is 37.8 Å². The first kappa shape index (κ1) is 20.8. The summed E-state index contributed by atoms with van der Waals surface area (Å²) in [6.07, 6.45) is 2.43. The van der Waals surface area contributed by atoms with Crippen molar-refractivity contribution in [2.45, 2.75) is 51.6 Å². The standard InChI is InChI=1S/C21H31ClN4O2/c1-21(2,3)24-20(28)25-12-9-16(10-13-25)23-19(27)15-8-11-26(14-15)18-7-5-4-6-17(18)22/h4-7,15-16H,8-14H2,1-3H3,(H,23,27)(H,24,28). The number of urea groups is 1. The van der Waals surface area contributed by atoms with Crippen LogP contribution < -0.4 is 15.5 Å². The fraction of sp³-hybridized carbons (Fsp3) is 0.619. The molecule has 3 amide bonds. The summed E-state index contributed by atoms with van der Waals surface area (Å²) >= 11 is 6.29. The van der Waals surface area contributed by atoms with Gasteiger partial charge in [0.05, 0.1) is 16.6 Å². The molecule has 154 valence electrons. The van der Waals surface area contributed by atoms with Crippen LogP contribution in [0, 0.1) is 5.92 Å². The van der Waals surface area contributed by atoms with Gasteiger partial charge >= 0.3 is 6.03 Å². The topological polar surface area (TPSA) is 64.7 Å². The van der Waals surface area contributed by atoms with E-state index in [0.717, 1.165) is 36.5 Å². The van der Waals surface area contributed by atoms with Crippen LogP contribution in [0.25, 0.3) is 0 Å². The lowest BCUT2D eigenvalue weighted by molar-refractivity contribution is -0.125. The maximum absolute atomic E-state index is 12.7. The largest absolute Gasteiger partial charge is 0.370 e. The highest BCUT2D eigenvalue weighted by atomic mass is 35.5.